The standard InChI is InChI=1S/C26H50O4.ClH/c1-3-5-7-9-11-13-15-17-19-21-24(23-25(27)28)30-26(29)22-20-18-16-14-12-10-8-6-4-2;/h24H,3-23H2,1-2H3,(H,27,28);1H. The zero-order chi connectivity index (χ0) is 22.3. The van der Waals surface area contributed by atoms with E-state index >= 15 is 0 Å². The lowest BCUT2D eigenvalue weighted by atomic mass is 10.0. The number of hydrogen-bond acceptors (Lipinski definition) is 3. The molecule has 0 fully saturated rings. The average Bonchev–Trinajstić information content (AvgIpc) is 2.70. The Balaban J connectivity index is 0. The monoisotopic (exact) mass is 462 g/mol. The molecule has 0 aromatic rings. The number of esters is 1. The highest BCUT2D eigenvalue weighted by Crippen LogP contribution is 2.16. The van der Waals surface area contributed by atoms with Gasteiger partial charge < -0.3 is 9.84 Å². The van der Waals surface area contributed by atoms with Crippen LogP contribution in [0.5, 0.6) is 0 Å². The molecular weight excluding hydrogens is 412 g/mol. The summed E-state index contributed by atoms with van der Waals surface area (Å²) in [6.07, 6.45) is 22.5. The fraction of sp³-hybridized carbons (Fsp3) is 0.923. The van der Waals surface area contributed by atoms with Gasteiger partial charge in [-0.3, -0.25) is 9.59 Å². The molecule has 186 valence electrons. The third kappa shape index (κ3) is 25.4. The quantitative estimate of drug-likeness (QED) is 0.122. The van der Waals surface area contributed by atoms with Crippen LogP contribution in [0.4, 0.5) is 0 Å². The number of aliphatic carboxylic acids is 1. The minimum atomic E-state index is -0.883. The normalized spacial score (nSPS) is 11.7. The van der Waals surface area contributed by atoms with Gasteiger partial charge in [0.05, 0.1) is 6.42 Å². The Kier molecular flexibility index (Phi) is 26.6. The van der Waals surface area contributed by atoms with E-state index in [1.165, 1.54) is 89.9 Å². The highest BCUT2D eigenvalue weighted by atomic mass is 35.5. The Labute approximate surface area is 198 Å². The number of halogens is 1. The van der Waals surface area contributed by atoms with Gasteiger partial charge in [0.15, 0.2) is 0 Å². The second-order valence-electron chi connectivity index (χ2n) is 8.91. The largest absolute Gasteiger partial charge is 0.481 e. The number of carbonyl (C=O) groups is 2. The van der Waals surface area contributed by atoms with Gasteiger partial charge in [-0.1, -0.05) is 117 Å². The van der Waals surface area contributed by atoms with Crippen molar-refractivity contribution in [3.05, 3.63) is 0 Å². The van der Waals surface area contributed by atoms with Gasteiger partial charge >= 0.3 is 11.9 Å². The number of carboxylic acid groups (broad SMARTS) is 1. The fourth-order valence-corrected chi connectivity index (χ4v) is 3.90. The molecule has 0 aromatic carbocycles. The summed E-state index contributed by atoms with van der Waals surface area (Å²) in [7, 11) is 0. The van der Waals surface area contributed by atoms with Gasteiger partial charge in [-0.2, -0.15) is 0 Å². The van der Waals surface area contributed by atoms with Crippen molar-refractivity contribution in [1.82, 2.24) is 0 Å². The summed E-state index contributed by atoms with van der Waals surface area (Å²) in [5.74, 6) is -1.10. The predicted molar refractivity (Wildman–Crippen MR) is 133 cm³/mol. The van der Waals surface area contributed by atoms with E-state index in [1.807, 2.05) is 0 Å². The summed E-state index contributed by atoms with van der Waals surface area (Å²) in [4.78, 5) is 23.2. The van der Waals surface area contributed by atoms with Crippen molar-refractivity contribution in [2.75, 3.05) is 0 Å². The fourth-order valence-electron chi connectivity index (χ4n) is 3.90. The first-order valence-corrected chi connectivity index (χ1v) is 13.0. The lowest BCUT2D eigenvalue weighted by molar-refractivity contribution is -0.153. The summed E-state index contributed by atoms with van der Waals surface area (Å²) in [6.45, 7) is 4.47. The van der Waals surface area contributed by atoms with Gasteiger partial charge in [-0.15, -0.1) is 12.4 Å². The van der Waals surface area contributed by atoms with Crippen molar-refractivity contribution < 1.29 is 19.4 Å². The molecule has 4 nitrogen and oxygen atoms in total. The smallest absolute Gasteiger partial charge is 0.307 e. The van der Waals surface area contributed by atoms with Crippen LogP contribution in [0.1, 0.15) is 149 Å². The maximum Gasteiger partial charge on any atom is 0.307 e. The maximum absolute atomic E-state index is 12.1. The molecule has 5 heteroatoms. The molecule has 1 N–H and O–H groups in total. The third-order valence-electron chi connectivity index (χ3n) is 5.81. The first-order chi connectivity index (χ1) is 14.6. The van der Waals surface area contributed by atoms with E-state index in [0.717, 1.165) is 25.7 Å². The average molecular weight is 463 g/mol. The summed E-state index contributed by atoms with van der Waals surface area (Å²) < 4.78 is 5.49. The van der Waals surface area contributed by atoms with E-state index in [-0.39, 0.29) is 24.8 Å². The van der Waals surface area contributed by atoms with Crippen LogP contribution in [-0.4, -0.2) is 23.1 Å². The molecule has 0 aliphatic heterocycles. The van der Waals surface area contributed by atoms with Gasteiger partial charge in [-0.25, -0.2) is 0 Å². The molecule has 0 bridgehead atoms. The van der Waals surface area contributed by atoms with Crippen molar-refractivity contribution >= 4 is 24.3 Å². The third-order valence-corrected chi connectivity index (χ3v) is 5.81. The topological polar surface area (TPSA) is 63.6 Å². The van der Waals surface area contributed by atoms with E-state index in [1.54, 1.807) is 0 Å². The van der Waals surface area contributed by atoms with Gasteiger partial charge in [0, 0.05) is 6.42 Å². The van der Waals surface area contributed by atoms with Gasteiger partial charge in [0.25, 0.3) is 0 Å². The number of carboxylic acids is 1. The zero-order valence-electron chi connectivity index (χ0n) is 20.5. The van der Waals surface area contributed by atoms with Gasteiger partial charge in [0.2, 0.25) is 0 Å². The lowest BCUT2D eigenvalue weighted by Gasteiger charge is -2.16. The Morgan fingerprint density at radius 2 is 1.03 bits per heavy atom. The molecule has 0 aliphatic rings. The highest BCUT2D eigenvalue weighted by molar-refractivity contribution is 5.85. The molecule has 0 saturated heterocycles. The van der Waals surface area contributed by atoms with Crippen molar-refractivity contribution in [2.45, 2.75) is 155 Å². The van der Waals surface area contributed by atoms with Crippen LogP contribution in [0.25, 0.3) is 0 Å². The summed E-state index contributed by atoms with van der Waals surface area (Å²) in [6, 6.07) is 0. The van der Waals surface area contributed by atoms with Crippen molar-refractivity contribution in [1.29, 1.82) is 0 Å². The zero-order valence-corrected chi connectivity index (χ0v) is 21.3. The van der Waals surface area contributed by atoms with Crippen molar-refractivity contribution in [3.8, 4) is 0 Å². The Bertz CT molecular complexity index is 401. The lowest BCUT2D eigenvalue weighted by Crippen LogP contribution is -2.21. The molecule has 0 amide bonds. The second-order valence-corrected chi connectivity index (χ2v) is 8.91. The Morgan fingerprint density at radius 1 is 0.645 bits per heavy atom. The molecule has 0 heterocycles. The molecule has 31 heavy (non-hydrogen) atoms. The first-order valence-electron chi connectivity index (χ1n) is 13.0. The van der Waals surface area contributed by atoms with E-state index in [4.69, 9.17) is 9.84 Å². The van der Waals surface area contributed by atoms with E-state index in [0.29, 0.717) is 12.8 Å². The molecule has 0 radical (unpaired) electrons. The summed E-state index contributed by atoms with van der Waals surface area (Å²) in [5, 5.41) is 9.10. The van der Waals surface area contributed by atoms with Crippen LogP contribution in [-0.2, 0) is 14.3 Å². The minimum Gasteiger partial charge on any atom is -0.481 e. The van der Waals surface area contributed by atoms with Crippen LogP contribution < -0.4 is 0 Å². The number of rotatable bonds is 23. The van der Waals surface area contributed by atoms with E-state index in [9.17, 15) is 9.59 Å². The van der Waals surface area contributed by atoms with Gasteiger partial charge in [0.1, 0.15) is 6.10 Å². The summed E-state index contributed by atoms with van der Waals surface area (Å²) in [5.41, 5.74) is 0. The molecule has 1 unspecified atom stereocenters. The molecule has 0 aliphatic carbocycles. The predicted octanol–water partition coefficient (Wildman–Crippen LogP) is 8.64. The van der Waals surface area contributed by atoms with Gasteiger partial charge in [-0.05, 0) is 19.3 Å². The Morgan fingerprint density at radius 3 is 1.45 bits per heavy atom. The number of unbranched alkanes of at least 4 members (excludes halogenated alkanes) is 16. The molecule has 0 aromatic heterocycles. The molecular formula is C26H51ClO4. The second kappa shape index (κ2) is 25.5. The first kappa shape index (κ1) is 32.4. The number of ether oxygens (including phenoxy) is 1. The van der Waals surface area contributed by atoms with Crippen LogP contribution in [0.15, 0.2) is 0 Å². The summed E-state index contributed by atoms with van der Waals surface area (Å²) >= 11 is 0. The SMILES string of the molecule is CCCCCCCCCCCC(=O)OC(CCCCCCCCCCC)CC(=O)O.Cl. The van der Waals surface area contributed by atoms with Crippen LogP contribution in [0.2, 0.25) is 0 Å². The number of hydrogen-bond donors (Lipinski definition) is 1. The maximum atomic E-state index is 12.1. The molecule has 1 atom stereocenters. The van der Waals surface area contributed by atoms with Crippen LogP contribution in [0, 0.1) is 0 Å². The highest BCUT2D eigenvalue weighted by Gasteiger charge is 2.17. The molecule has 0 saturated carbocycles. The van der Waals surface area contributed by atoms with Crippen LogP contribution in [0.3, 0.4) is 0 Å². The van der Waals surface area contributed by atoms with Crippen LogP contribution >= 0.6 is 12.4 Å². The van der Waals surface area contributed by atoms with E-state index in [2.05, 4.69) is 13.8 Å². The number of carbonyl (C=O) groups excluding carboxylic acids is 1. The minimum absolute atomic E-state index is 0. The van der Waals surface area contributed by atoms with Crippen molar-refractivity contribution in [3.63, 3.8) is 0 Å². The van der Waals surface area contributed by atoms with E-state index < -0.39 is 12.1 Å². The molecule has 0 spiro atoms. The molecule has 0 rings (SSSR count). The Hall–Kier alpha value is -0.770. The van der Waals surface area contributed by atoms with Crippen molar-refractivity contribution in [2.24, 2.45) is 0 Å².